The van der Waals surface area contributed by atoms with E-state index in [1.807, 2.05) is 0 Å². The van der Waals surface area contributed by atoms with Crippen LogP contribution in [0.15, 0.2) is 12.2 Å². The number of rotatable bonds is 4. The van der Waals surface area contributed by atoms with Crippen LogP contribution in [0.2, 0.25) is 0 Å². The molecule has 0 saturated heterocycles. The van der Waals surface area contributed by atoms with E-state index < -0.39 is 12.2 Å². The fraction of sp³-hybridized carbons (Fsp3) is 0.750. The van der Waals surface area contributed by atoms with Crippen molar-refractivity contribution in [2.75, 3.05) is 6.61 Å². The Morgan fingerprint density at radius 1 is 1.36 bits per heavy atom. The maximum atomic E-state index is 9.34. The van der Waals surface area contributed by atoms with Crippen LogP contribution in [0.4, 0.5) is 0 Å². The quantitative estimate of drug-likeness (QED) is 0.504. The summed E-state index contributed by atoms with van der Waals surface area (Å²) in [6.45, 7) is 6.53. The SMILES string of the molecule is C=C(CO)[C@@H](O)[C@H](C)[C@H](C)O. The van der Waals surface area contributed by atoms with Gasteiger partial charge in [0.1, 0.15) is 0 Å². The van der Waals surface area contributed by atoms with Crippen molar-refractivity contribution in [2.45, 2.75) is 26.1 Å². The Morgan fingerprint density at radius 3 is 2.09 bits per heavy atom. The minimum Gasteiger partial charge on any atom is -0.393 e. The van der Waals surface area contributed by atoms with Crippen LogP contribution in [0.1, 0.15) is 13.8 Å². The van der Waals surface area contributed by atoms with Gasteiger partial charge >= 0.3 is 0 Å². The van der Waals surface area contributed by atoms with Crippen molar-refractivity contribution in [3.63, 3.8) is 0 Å². The molecule has 0 aliphatic heterocycles. The fourth-order valence-electron chi connectivity index (χ4n) is 0.729. The van der Waals surface area contributed by atoms with Crippen LogP contribution in [0.3, 0.4) is 0 Å². The maximum absolute atomic E-state index is 9.34. The van der Waals surface area contributed by atoms with Crippen molar-refractivity contribution in [2.24, 2.45) is 5.92 Å². The molecule has 0 aliphatic rings. The smallest absolute Gasteiger partial charge is 0.0819 e. The molecule has 0 rings (SSSR count). The van der Waals surface area contributed by atoms with Crippen LogP contribution in [-0.4, -0.2) is 34.1 Å². The Labute approximate surface area is 67.0 Å². The first-order chi connectivity index (χ1) is 5.00. The van der Waals surface area contributed by atoms with Crippen LogP contribution < -0.4 is 0 Å². The first kappa shape index (κ1) is 10.6. The van der Waals surface area contributed by atoms with Gasteiger partial charge in [-0.1, -0.05) is 13.5 Å². The van der Waals surface area contributed by atoms with Gasteiger partial charge in [-0.2, -0.15) is 0 Å². The largest absolute Gasteiger partial charge is 0.393 e. The van der Waals surface area contributed by atoms with Crippen molar-refractivity contribution < 1.29 is 15.3 Å². The molecule has 0 amide bonds. The number of aliphatic hydroxyl groups excluding tert-OH is 3. The highest BCUT2D eigenvalue weighted by molar-refractivity contribution is 5.03. The average molecular weight is 160 g/mol. The zero-order valence-electron chi connectivity index (χ0n) is 6.99. The standard InChI is InChI=1S/C8H16O3/c1-5(4-9)8(11)6(2)7(3)10/h6-11H,1,4H2,2-3H3/t6-,7+,8-/m1/s1. The lowest BCUT2D eigenvalue weighted by Crippen LogP contribution is -2.29. The van der Waals surface area contributed by atoms with Crippen molar-refractivity contribution in [3.05, 3.63) is 12.2 Å². The molecule has 0 spiro atoms. The van der Waals surface area contributed by atoms with Crippen LogP contribution in [0.25, 0.3) is 0 Å². The molecule has 11 heavy (non-hydrogen) atoms. The molecule has 3 heteroatoms. The minimum atomic E-state index is -0.819. The molecule has 0 aromatic carbocycles. The van der Waals surface area contributed by atoms with Gasteiger partial charge in [0.05, 0.1) is 18.8 Å². The normalized spacial score (nSPS) is 19.0. The predicted molar refractivity (Wildman–Crippen MR) is 43.1 cm³/mol. The van der Waals surface area contributed by atoms with Gasteiger partial charge in [-0.15, -0.1) is 0 Å². The second-order valence-corrected chi connectivity index (χ2v) is 2.86. The Kier molecular flexibility index (Phi) is 4.33. The van der Waals surface area contributed by atoms with Gasteiger partial charge in [0.2, 0.25) is 0 Å². The van der Waals surface area contributed by atoms with Crippen molar-refractivity contribution in [3.8, 4) is 0 Å². The summed E-state index contributed by atoms with van der Waals surface area (Å²) in [7, 11) is 0. The molecule has 3 N–H and O–H groups in total. The van der Waals surface area contributed by atoms with Crippen LogP contribution in [0, 0.1) is 5.92 Å². The van der Waals surface area contributed by atoms with Gasteiger partial charge in [0, 0.05) is 5.92 Å². The maximum Gasteiger partial charge on any atom is 0.0819 e. The molecule has 0 fully saturated rings. The number of aliphatic hydroxyl groups is 3. The van der Waals surface area contributed by atoms with Gasteiger partial charge in [-0.25, -0.2) is 0 Å². The van der Waals surface area contributed by atoms with E-state index in [-0.39, 0.29) is 12.5 Å². The molecule has 66 valence electrons. The highest BCUT2D eigenvalue weighted by atomic mass is 16.3. The topological polar surface area (TPSA) is 60.7 Å². The third-order valence-corrected chi connectivity index (χ3v) is 1.88. The lowest BCUT2D eigenvalue weighted by molar-refractivity contribution is 0.0457. The minimum absolute atomic E-state index is 0.238. The molecule has 0 saturated carbocycles. The Hall–Kier alpha value is -0.380. The van der Waals surface area contributed by atoms with Gasteiger partial charge in [-0.05, 0) is 12.5 Å². The third-order valence-electron chi connectivity index (χ3n) is 1.88. The van der Waals surface area contributed by atoms with Crippen LogP contribution in [0.5, 0.6) is 0 Å². The van der Waals surface area contributed by atoms with Crippen LogP contribution in [-0.2, 0) is 0 Å². The van der Waals surface area contributed by atoms with E-state index in [1.165, 1.54) is 0 Å². The molecule has 0 unspecified atom stereocenters. The molecule has 0 radical (unpaired) electrons. The summed E-state index contributed by atoms with van der Waals surface area (Å²) in [5.74, 6) is -0.283. The van der Waals surface area contributed by atoms with Crippen LogP contribution >= 0.6 is 0 Å². The first-order valence-electron chi connectivity index (χ1n) is 3.65. The van der Waals surface area contributed by atoms with E-state index in [2.05, 4.69) is 6.58 Å². The lowest BCUT2D eigenvalue weighted by atomic mass is 9.94. The molecule has 0 aromatic heterocycles. The van der Waals surface area contributed by atoms with E-state index in [4.69, 9.17) is 10.2 Å². The summed E-state index contributed by atoms with van der Waals surface area (Å²) in [5, 5.41) is 27.0. The molecule has 0 bridgehead atoms. The molecule has 3 nitrogen and oxygen atoms in total. The van der Waals surface area contributed by atoms with Gasteiger partial charge < -0.3 is 15.3 Å². The summed E-state index contributed by atoms with van der Waals surface area (Å²) in [5.41, 5.74) is 0.346. The zero-order chi connectivity index (χ0) is 9.02. The Balaban J connectivity index is 4.01. The summed E-state index contributed by atoms with van der Waals surface area (Å²) in [6, 6.07) is 0. The Bertz CT molecular complexity index is 131. The second kappa shape index (κ2) is 4.49. The monoisotopic (exact) mass is 160 g/mol. The van der Waals surface area contributed by atoms with Gasteiger partial charge in [-0.3, -0.25) is 0 Å². The number of hydrogen-bond acceptors (Lipinski definition) is 3. The molecule has 0 heterocycles. The summed E-state index contributed by atoms with van der Waals surface area (Å²) < 4.78 is 0. The molecule has 0 aromatic rings. The molecule has 0 aliphatic carbocycles. The Morgan fingerprint density at radius 2 is 1.82 bits per heavy atom. The molecule has 3 atom stereocenters. The highest BCUT2D eigenvalue weighted by Crippen LogP contribution is 2.13. The zero-order valence-corrected chi connectivity index (χ0v) is 6.99. The van der Waals surface area contributed by atoms with E-state index in [9.17, 15) is 5.11 Å². The average Bonchev–Trinajstić information content (AvgIpc) is 2.00. The summed E-state index contributed by atoms with van der Waals surface area (Å²) >= 11 is 0. The number of hydrogen-bond donors (Lipinski definition) is 3. The lowest BCUT2D eigenvalue weighted by Gasteiger charge is -2.21. The fourth-order valence-corrected chi connectivity index (χ4v) is 0.729. The van der Waals surface area contributed by atoms with Gasteiger partial charge in [0.15, 0.2) is 0 Å². The molecular formula is C8H16O3. The van der Waals surface area contributed by atoms with Crippen molar-refractivity contribution >= 4 is 0 Å². The van der Waals surface area contributed by atoms with E-state index in [0.717, 1.165) is 0 Å². The summed E-state index contributed by atoms with van der Waals surface area (Å²) in [4.78, 5) is 0. The third kappa shape index (κ3) is 3.01. The van der Waals surface area contributed by atoms with E-state index >= 15 is 0 Å². The summed E-state index contributed by atoms with van der Waals surface area (Å²) in [6.07, 6.45) is -1.41. The highest BCUT2D eigenvalue weighted by Gasteiger charge is 2.20. The molecular weight excluding hydrogens is 144 g/mol. The van der Waals surface area contributed by atoms with Crippen molar-refractivity contribution in [1.29, 1.82) is 0 Å². The van der Waals surface area contributed by atoms with Crippen molar-refractivity contribution in [1.82, 2.24) is 0 Å². The van der Waals surface area contributed by atoms with E-state index in [1.54, 1.807) is 13.8 Å². The second-order valence-electron chi connectivity index (χ2n) is 2.86. The first-order valence-corrected chi connectivity index (χ1v) is 3.65. The predicted octanol–water partition coefficient (Wildman–Crippen LogP) is -0.0873. The van der Waals surface area contributed by atoms with E-state index in [0.29, 0.717) is 5.57 Å². The van der Waals surface area contributed by atoms with Gasteiger partial charge in [0.25, 0.3) is 0 Å².